The molecule has 0 rings (SSSR count). The number of hydrogen-bond acceptors (Lipinski definition) is 1. The Bertz CT molecular complexity index is 339. The Labute approximate surface area is 113 Å². The molecule has 0 bridgehead atoms. The molecule has 0 aliphatic rings. The summed E-state index contributed by atoms with van der Waals surface area (Å²) in [6.45, 7) is 10.1. The second-order valence-corrected chi connectivity index (χ2v) is 3.96. The topological polar surface area (TPSA) is 12.4 Å². The van der Waals surface area contributed by atoms with E-state index >= 15 is 0 Å². The molecule has 0 aromatic rings. The van der Waals surface area contributed by atoms with Crippen molar-refractivity contribution in [2.24, 2.45) is 10.9 Å². The van der Waals surface area contributed by atoms with Crippen LogP contribution in [0.3, 0.4) is 0 Å². The molecule has 0 fully saturated rings. The van der Waals surface area contributed by atoms with E-state index in [9.17, 15) is 0 Å². The molecule has 0 aromatic carbocycles. The molecule has 0 saturated heterocycles. The van der Waals surface area contributed by atoms with Crippen LogP contribution in [0.4, 0.5) is 0 Å². The van der Waals surface area contributed by atoms with Gasteiger partial charge in [0.25, 0.3) is 0 Å². The lowest BCUT2D eigenvalue weighted by Crippen LogP contribution is -1.81. The number of hydrogen-bond donors (Lipinski definition) is 0. The Morgan fingerprint density at radius 3 is 2.50 bits per heavy atom. The lowest BCUT2D eigenvalue weighted by Gasteiger charge is -1.96. The quantitative estimate of drug-likeness (QED) is 0.415. The fourth-order valence-corrected chi connectivity index (χ4v) is 1.04. The van der Waals surface area contributed by atoms with E-state index in [2.05, 4.69) is 44.5 Å². The zero-order valence-corrected chi connectivity index (χ0v) is 11.1. The third kappa shape index (κ3) is 12.4. The van der Waals surface area contributed by atoms with Crippen LogP contribution in [0.25, 0.3) is 0 Å². The van der Waals surface area contributed by atoms with Gasteiger partial charge >= 0.3 is 0 Å². The first kappa shape index (κ1) is 18.7. The molecule has 0 radical (unpaired) electrons. The standard InChI is InChI=1S/C16H23N.CH4/c1-5-7-8-9-13-17-14-12-16(6-2)11-10-15(3)4;/h5,7-15H,1,6H2,2-4H3;1H4/b8-7+,11-10+,13-9+,16-12+,17-14-;. The highest BCUT2D eigenvalue weighted by Crippen LogP contribution is 2.04. The smallest absolute Gasteiger partial charge is 0.0270 e. The van der Waals surface area contributed by atoms with Gasteiger partial charge in [0.05, 0.1) is 0 Å². The highest BCUT2D eigenvalue weighted by Gasteiger charge is 1.87. The van der Waals surface area contributed by atoms with E-state index in [1.54, 1.807) is 12.3 Å². The third-order valence-corrected chi connectivity index (χ3v) is 2.01. The van der Waals surface area contributed by atoms with Crippen LogP contribution in [0.1, 0.15) is 34.6 Å². The van der Waals surface area contributed by atoms with E-state index < -0.39 is 0 Å². The van der Waals surface area contributed by atoms with Crippen molar-refractivity contribution in [2.75, 3.05) is 0 Å². The maximum atomic E-state index is 4.16. The maximum absolute atomic E-state index is 4.16. The molecule has 0 heterocycles. The number of nitrogens with zero attached hydrogens (tertiary/aromatic N) is 1. The predicted molar refractivity (Wildman–Crippen MR) is 86.1 cm³/mol. The zero-order chi connectivity index (χ0) is 12.9. The molecule has 0 N–H and O–H groups in total. The van der Waals surface area contributed by atoms with Crippen LogP contribution in [0, 0.1) is 5.92 Å². The van der Waals surface area contributed by atoms with Crippen LogP contribution < -0.4 is 0 Å². The lowest BCUT2D eigenvalue weighted by molar-refractivity contribution is 0.829. The fraction of sp³-hybridized carbons (Fsp3) is 0.353. The first-order valence-electron chi connectivity index (χ1n) is 6.05. The SMILES string of the molecule is C.C=C/C=C/C=C/N=C\C=C(\C=C\C(C)C)CC. The second kappa shape index (κ2) is 13.4. The lowest BCUT2D eigenvalue weighted by atomic mass is 10.1. The number of rotatable bonds is 7. The van der Waals surface area contributed by atoms with Gasteiger partial charge in [-0.2, -0.15) is 0 Å². The van der Waals surface area contributed by atoms with E-state index in [1.807, 2.05) is 30.5 Å². The van der Waals surface area contributed by atoms with Crippen molar-refractivity contribution in [3.63, 3.8) is 0 Å². The first-order chi connectivity index (χ1) is 8.20. The average Bonchev–Trinajstić information content (AvgIpc) is 2.31. The summed E-state index contributed by atoms with van der Waals surface area (Å²) in [7, 11) is 0. The normalized spacial score (nSPS) is 13.2. The van der Waals surface area contributed by atoms with Gasteiger partial charge in [-0.1, -0.05) is 65.2 Å². The van der Waals surface area contributed by atoms with Gasteiger partial charge in [-0.05, 0) is 30.1 Å². The van der Waals surface area contributed by atoms with Gasteiger partial charge in [-0.15, -0.1) is 0 Å². The summed E-state index contributed by atoms with van der Waals surface area (Å²) >= 11 is 0. The Hall–Kier alpha value is -1.63. The zero-order valence-electron chi connectivity index (χ0n) is 11.1. The molecule has 0 spiro atoms. The van der Waals surface area contributed by atoms with Crippen molar-refractivity contribution >= 4 is 6.21 Å². The van der Waals surface area contributed by atoms with E-state index in [4.69, 9.17) is 0 Å². The molecule has 0 aliphatic carbocycles. The monoisotopic (exact) mass is 245 g/mol. The van der Waals surface area contributed by atoms with Crippen molar-refractivity contribution < 1.29 is 0 Å². The Balaban J connectivity index is 0. The summed E-state index contributed by atoms with van der Waals surface area (Å²) in [6.07, 6.45) is 18.4. The van der Waals surface area contributed by atoms with Crippen molar-refractivity contribution in [3.8, 4) is 0 Å². The van der Waals surface area contributed by atoms with Gasteiger partial charge in [-0.3, -0.25) is 4.99 Å². The van der Waals surface area contributed by atoms with E-state index in [1.165, 1.54) is 5.57 Å². The van der Waals surface area contributed by atoms with Gasteiger partial charge < -0.3 is 0 Å². The fourth-order valence-electron chi connectivity index (χ4n) is 1.04. The molecule has 0 atom stereocenters. The molecule has 0 amide bonds. The first-order valence-corrected chi connectivity index (χ1v) is 6.05. The van der Waals surface area contributed by atoms with Crippen LogP contribution in [-0.2, 0) is 0 Å². The Kier molecular flexibility index (Phi) is 14.0. The molecule has 1 heteroatoms. The van der Waals surface area contributed by atoms with Crippen LogP contribution >= 0.6 is 0 Å². The van der Waals surface area contributed by atoms with Gasteiger partial charge in [-0.25, -0.2) is 0 Å². The number of allylic oxidation sites excluding steroid dienone is 8. The minimum atomic E-state index is 0. The molecular formula is C17H27N. The molecule has 1 nitrogen and oxygen atoms in total. The summed E-state index contributed by atoms with van der Waals surface area (Å²) in [5, 5.41) is 0. The third-order valence-electron chi connectivity index (χ3n) is 2.01. The predicted octanol–water partition coefficient (Wildman–Crippen LogP) is 5.50. The van der Waals surface area contributed by atoms with Crippen LogP contribution in [0.2, 0.25) is 0 Å². The van der Waals surface area contributed by atoms with Crippen molar-refractivity contribution in [1.29, 1.82) is 0 Å². The summed E-state index contributed by atoms with van der Waals surface area (Å²) < 4.78 is 0. The molecule has 18 heavy (non-hydrogen) atoms. The molecular weight excluding hydrogens is 218 g/mol. The molecule has 0 unspecified atom stereocenters. The van der Waals surface area contributed by atoms with Crippen LogP contribution in [0.5, 0.6) is 0 Å². The minimum absolute atomic E-state index is 0. The number of aliphatic imine (C=N–C) groups is 1. The molecule has 0 aromatic heterocycles. The van der Waals surface area contributed by atoms with Gasteiger partial charge in [0.1, 0.15) is 0 Å². The average molecular weight is 245 g/mol. The Morgan fingerprint density at radius 2 is 1.94 bits per heavy atom. The maximum Gasteiger partial charge on any atom is 0.0270 e. The highest BCUT2D eigenvalue weighted by molar-refractivity contribution is 5.73. The van der Waals surface area contributed by atoms with Crippen LogP contribution in [0.15, 0.2) is 65.9 Å². The molecule has 100 valence electrons. The van der Waals surface area contributed by atoms with Crippen molar-refractivity contribution in [2.45, 2.75) is 34.6 Å². The van der Waals surface area contributed by atoms with E-state index in [0.717, 1.165) is 6.42 Å². The minimum Gasteiger partial charge on any atom is -0.265 e. The highest BCUT2D eigenvalue weighted by atomic mass is 14.6. The largest absolute Gasteiger partial charge is 0.265 e. The van der Waals surface area contributed by atoms with Gasteiger partial charge in [0, 0.05) is 12.4 Å². The summed E-state index contributed by atoms with van der Waals surface area (Å²) in [4.78, 5) is 4.16. The van der Waals surface area contributed by atoms with E-state index in [-0.39, 0.29) is 7.43 Å². The van der Waals surface area contributed by atoms with Gasteiger partial charge in [0.2, 0.25) is 0 Å². The molecule has 0 aliphatic heterocycles. The second-order valence-electron chi connectivity index (χ2n) is 3.96. The summed E-state index contributed by atoms with van der Waals surface area (Å²) in [5.41, 5.74) is 1.29. The Morgan fingerprint density at radius 1 is 1.22 bits per heavy atom. The van der Waals surface area contributed by atoms with Crippen molar-refractivity contribution in [1.82, 2.24) is 0 Å². The summed E-state index contributed by atoms with van der Waals surface area (Å²) in [5.74, 6) is 0.589. The summed E-state index contributed by atoms with van der Waals surface area (Å²) in [6, 6.07) is 0. The van der Waals surface area contributed by atoms with Gasteiger partial charge in [0.15, 0.2) is 0 Å². The van der Waals surface area contributed by atoms with Crippen molar-refractivity contribution in [3.05, 3.63) is 60.9 Å². The van der Waals surface area contributed by atoms with E-state index in [0.29, 0.717) is 5.92 Å². The van der Waals surface area contributed by atoms with Crippen LogP contribution in [-0.4, -0.2) is 6.21 Å². The molecule has 0 saturated carbocycles.